The number of anilines is 1. The number of rotatable bonds is 4. The highest BCUT2D eigenvalue weighted by atomic mass is 19.4. The molecule has 2 aromatic heterocycles. The molecular weight excluding hydrogens is 361 g/mol. The van der Waals surface area contributed by atoms with Gasteiger partial charge in [-0.05, 0) is 30.3 Å². The van der Waals surface area contributed by atoms with Gasteiger partial charge in [-0.2, -0.15) is 13.2 Å². The summed E-state index contributed by atoms with van der Waals surface area (Å²) in [5.74, 6) is 1.33. The van der Waals surface area contributed by atoms with Crippen LogP contribution in [0, 0.1) is 0 Å². The summed E-state index contributed by atoms with van der Waals surface area (Å²) in [6.45, 7) is 3.12. The SMILES string of the molecule is FC(F)(F)c1cccc(N2CCN(Cc3nnc(-c4ccco4)o3)CC2)c1. The first-order valence-corrected chi connectivity index (χ1v) is 8.50. The van der Waals surface area contributed by atoms with Gasteiger partial charge in [-0.15, -0.1) is 10.2 Å². The number of aromatic nitrogens is 2. The van der Waals surface area contributed by atoms with Crippen molar-refractivity contribution in [1.82, 2.24) is 15.1 Å². The van der Waals surface area contributed by atoms with Gasteiger partial charge in [0.25, 0.3) is 5.89 Å². The third kappa shape index (κ3) is 3.97. The lowest BCUT2D eigenvalue weighted by molar-refractivity contribution is -0.137. The summed E-state index contributed by atoms with van der Waals surface area (Å²) in [4.78, 5) is 4.08. The molecule has 0 aliphatic carbocycles. The average molecular weight is 378 g/mol. The van der Waals surface area contributed by atoms with E-state index >= 15 is 0 Å². The molecule has 1 aliphatic rings. The molecule has 9 heteroatoms. The predicted molar refractivity (Wildman–Crippen MR) is 90.9 cm³/mol. The van der Waals surface area contributed by atoms with Crippen LogP contribution in [0.15, 0.2) is 51.5 Å². The Morgan fingerprint density at radius 1 is 1.00 bits per heavy atom. The van der Waals surface area contributed by atoms with Gasteiger partial charge in [0.15, 0.2) is 5.76 Å². The summed E-state index contributed by atoms with van der Waals surface area (Å²) in [6.07, 6.45) is -2.80. The fraction of sp³-hybridized carbons (Fsp3) is 0.333. The fourth-order valence-corrected chi connectivity index (χ4v) is 3.05. The lowest BCUT2D eigenvalue weighted by Gasteiger charge is -2.35. The van der Waals surface area contributed by atoms with E-state index in [1.807, 2.05) is 4.90 Å². The largest absolute Gasteiger partial charge is 0.459 e. The number of hydrogen-bond donors (Lipinski definition) is 0. The highest BCUT2D eigenvalue weighted by Crippen LogP contribution is 2.32. The molecule has 0 saturated carbocycles. The number of benzene rings is 1. The van der Waals surface area contributed by atoms with Gasteiger partial charge in [0.1, 0.15) is 0 Å². The van der Waals surface area contributed by atoms with Gasteiger partial charge in [0.2, 0.25) is 5.89 Å². The zero-order valence-corrected chi connectivity index (χ0v) is 14.3. The Hall–Kier alpha value is -2.81. The molecule has 27 heavy (non-hydrogen) atoms. The van der Waals surface area contributed by atoms with E-state index in [4.69, 9.17) is 8.83 Å². The lowest BCUT2D eigenvalue weighted by Crippen LogP contribution is -2.46. The molecule has 4 rings (SSSR count). The van der Waals surface area contributed by atoms with Crippen molar-refractivity contribution in [3.05, 3.63) is 54.1 Å². The fourth-order valence-electron chi connectivity index (χ4n) is 3.05. The van der Waals surface area contributed by atoms with Crippen molar-refractivity contribution in [3.8, 4) is 11.7 Å². The highest BCUT2D eigenvalue weighted by molar-refractivity contribution is 5.49. The van der Waals surface area contributed by atoms with Crippen molar-refractivity contribution >= 4 is 5.69 Å². The quantitative estimate of drug-likeness (QED) is 0.691. The number of halogens is 3. The summed E-state index contributed by atoms with van der Waals surface area (Å²) in [5, 5.41) is 7.99. The van der Waals surface area contributed by atoms with Crippen molar-refractivity contribution in [3.63, 3.8) is 0 Å². The molecule has 1 fully saturated rings. The molecule has 1 saturated heterocycles. The summed E-state index contributed by atoms with van der Waals surface area (Å²) < 4.78 is 49.5. The molecule has 0 atom stereocenters. The minimum absolute atomic E-state index is 0.331. The van der Waals surface area contributed by atoms with Crippen LogP contribution in [0.2, 0.25) is 0 Å². The second-order valence-electron chi connectivity index (χ2n) is 6.29. The molecule has 0 bridgehead atoms. The van der Waals surface area contributed by atoms with Gasteiger partial charge < -0.3 is 13.7 Å². The van der Waals surface area contributed by atoms with E-state index < -0.39 is 11.7 Å². The predicted octanol–water partition coefficient (Wildman–Crippen LogP) is 3.67. The van der Waals surface area contributed by atoms with Gasteiger partial charge in [-0.3, -0.25) is 4.90 Å². The van der Waals surface area contributed by atoms with E-state index in [9.17, 15) is 13.2 Å². The average Bonchev–Trinajstić information content (AvgIpc) is 3.33. The van der Waals surface area contributed by atoms with Gasteiger partial charge in [-0.25, -0.2) is 0 Å². The van der Waals surface area contributed by atoms with Gasteiger partial charge in [0.05, 0.1) is 18.4 Å². The lowest BCUT2D eigenvalue weighted by atomic mass is 10.1. The van der Waals surface area contributed by atoms with Gasteiger partial charge in [-0.1, -0.05) is 6.07 Å². The van der Waals surface area contributed by atoms with Crippen molar-refractivity contribution in [2.45, 2.75) is 12.7 Å². The summed E-state index contributed by atoms with van der Waals surface area (Å²) >= 11 is 0. The number of alkyl halides is 3. The Morgan fingerprint density at radius 2 is 1.81 bits per heavy atom. The Bertz CT molecular complexity index is 884. The number of hydrogen-bond acceptors (Lipinski definition) is 6. The first kappa shape index (κ1) is 17.6. The molecule has 0 unspecified atom stereocenters. The van der Waals surface area contributed by atoms with E-state index in [1.165, 1.54) is 18.4 Å². The van der Waals surface area contributed by atoms with E-state index in [-0.39, 0.29) is 0 Å². The highest BCUT2D eigenvalue weighted by Gasteiger charge is 2.31. The smallest absolute Gasteiger partial charge is 0.416 e. The standard InChI is InChI=1S/C18H17F3N4O2/c19-18(20,21)13-3-1-4-14(11-13)25-8-6-24(7-9-25)12-16-22-23-17(27-16)15-5-2-10-26-15/h1-5,10-11H,6-9,12H2. The maximum Gasteiger partial charge on any atom is 0.416 e. The second-order valence-corrected chi connectivity index (χ2v) is 6.29. The van der Waals surface area contributed by atoms with E-state index in [1.54, 1.807) is 18.2 Å². The summed E-state index contributed by atoms with van der Waals surface area (Å²) in [6, 6.07) is 8.92. The number of piperazine rings is 1. The van der Waals surface area contributed by atoms with Crippen LogP contribution in [0.4, 0.5) is 18.9 Å². The number of nitrogens with zero attached hydrogens (tertiary/aromatic N) is 4. The van der Waals surface area contributed by atoms with Gasteiger partial charge in [0, 0.05) is 31.9 Å². The monoisotopic (exact) mass is 378 g/mol. The maximum absolute atomic E-state index is 12.9. The first-order chi connectivity index (χ1) is 13.0. The van der Waals surface area contributed by atoms with Crippen LogP contribution in [0.1, 0.15) is 11.5 Å². The van der Waals surface area contributed by atoms with Crippen molar-refractivity contribution in [2.24, 2.45) is 0 Å². The molecule has 3 aromatic rings. The Morgan fingerprint density at radius 3 is 2.52 bits per heavy atom. The van der Waals surface area contributed by atoms with Crippen LogP contribution in [0.3, 0.4) is 0 Å². The normalized spacial score (nSPS) is 16.0. The van der Waals surface area contributed by atoms with E-state index in [2.05, 4.69) is 15.1 Å². The summed E-state index contributed by atoms with van der Waals surface area (Å²) in [7, 11) is 0. The first-order valence-electron chi connectivity index (χ1n) is 8.50. The zero-order chi connectivity index (χ0) is 18.9. The second kappa shape index (κ2) is 7.07. The zero-order valence-electron chi connectivity index (χ0n) is 14.3. The molecule has 1 aromatic carbocycles. The molecule has 0 N–H and O–H groups in total. The molecule has 142 valence electrons. The Kier molecular flexibility index (Phi) is 4.61. The minimum Gasteiger partial charge on any atom is -0.459 e. The molecular formula is C18H17F3N4O2. The Balaban J connectivity index is 1.36. The molecule has 3 heterocycles. The molecule has 0 radical (unpaired) electrons. The third-order valence-corrected chi connectivity index (χ3v) is 4.47. The van der Waals surface area contributed by atoms with Crippen molar-refractivity contribution in [1.29, 1.82) is 0 Å². The van der Waals surface area contributed by atoms with Crippen LogP contribution in [-0.4, -0.2) is 41.3 Å². The topological polar surface area (TPSA) is 58.5 Å². The van der Waals surface area contributed by atoms with Gasteiger partial charge >= 0.3 is 6.18 Å². The summed E-state index contributed by atoms with van der Waals surface area (Å²) in [5.41, 5.74) is -0.0406. The minimum atomic E-state index is -4.33. The van der Waals surface area contributed by atoms with Crippen molar-refractivity contribution < 1.29 is 22.0 Å². The number of furan rings is 1. The molecule has 0 spiro atoms. The molecule has 6 nitrogen and oxygen atoms in total. The molecule has 1 aliphatic heterocycles. The van der Waals surface area contributed by atoms with Crippen LogP contribution in [0.5, 0.6) is 0 Å². The van der Waals surface area contributed by atoms with E-state index in [0.29, 0.717) is 56.0 Å². The van der Waals surface area contributed by atoms with Crippen LogP contribution in [-0.2, 0) is 12.7 Å². The molecule has 0 amide bonds. The van der Waals surface area contributed by atoms with Crippen LogP contribution in [0.25, 0.3) is 11.7 Å². The third-order valence-electron chi connectivity index (χ3n) is 4.47. The maximum atomic E-state index is 12.9. The van der Waals surface area contributed by atoms with Crippen molar-refractivity contribution in [2.75, 3.05) is 31.1 Å². The van der Waals surface area contributed by atoms with E-state index in [0.717, 1.165) is 6.07 Å². The Labute approximate surface area is 153 Å². The van der Waals surface area contributed by atoms with Crippen LogP contribution >= 0.6 is 0 Å². The van der Waals surface area contributed by atoms with Crippen LogP contribution < -0.4 is 4.90 Å².